The van der Waals surface area contributed by atoms with E-state index in [0.717, 1.165) is 21.7 Å². The molecule has 0 fully saturated rings. The quantitative estimate of drug-likeness (QED) is 0.499. The van der Waals surface area contributed by atoms with Gasteiger partial charge in [0.05, 0.1) is 7.11 Å². The van der Waals surface area contributed by atoms with Gasteiger partial charge < -0.3 is 14.8 Å². The van der Waals surface area contributed by atoms with Crippen LogP contribution in [0.1, 0.15) is 16.7 Å². The van der Waals surface area contributed by atoms with E-state index < -0.39 is 0 Å². The van der Waals surface area contributed by atoms with Crippen molar-refractivity contribution in [1.82, 2.24) is 5.32 Å². The van der Waals surface area contributed by atoms with Gasteiger partial charge in [-0.05, 0) is 35.4 Å². The second-order valence-electron chi connectivity index (χ2n) is 6.06. The van der Waals surface area contributed by atoms with E-state index in [4.69, 9.17) is 21.1 Å². The van der Waals surface area contributed by atoms with Gasteiger partial charge in [-0.3, -0.25) is 0 Å². The lowest BCUT2D eigenvalue weighted by Crippen LogP contribution is -2.14. The van der Waals surface area contributed by atoms with Crippen LogP contribution in [0.2, 0.25) is 5.02 Å². The third-order valence-corrected chi connectivity index (χ3v) is 4.53. The van der Waals surface area contributed by atoms with Crippen LogP contribution in [0.5, 0.6) is 11.5 Å². The minimum absolute atomic E-state index is 0. The van der Waals surface area contributed by atoms with Gasteiger partial charge in [-0.2, -0.15) is 0 Å². The molecule has 3 nitrogen and oxygen atoms in total. The summed E-state index contributed by atoms with van der Waals surface area (Å²) in [7, 11) is 1.61. The highest BCUT2D eigenvalue weighted by Crippen LogP contribution is 2.32. The van der Waals surface area contributed by atoms with Crippen LogP contribution in [-0.4, -0.2) is 7.11 Å². The van der Waals surface area contributed by atoms with Crippen molar-refractivity contribution in [1.29, 1.82) is 0 Å². The lowest BCUT2D eigenvalue weighted by Gasteiger charge is -2.16. The van der Waals surface area contributed by atoms with Crippen molar-refractivity contribution in [3.63, 3.8) is 0 Å². The largest absolute Gasteiger partial charge is 0.493 e. The Morgan fingerprint density at radius 3 is 2.29 bits per heavy atom. The van der Waals surface area contributed by atoms with Gasteiger partial charge in [0.15, 0.2) is 11.5 Å². The van der Waals surface area contributed by atoms with Crippen LogP contribution in [-0.2, 0) is 19.7 Å². The van der Waals surface area contributed by atoms with E-state index in [1.807, 2.05) is 42.5 Å². The fourth-order valence-electron chi connectivity index (χ4n) is 2.73. The molecule has 0 heterocycles. The summed E-state index contributed by atoms with van der Waals surface area (Å²) in [6, 6.07) is 19.8. The topological polar surface area (TPSA) is 30.5 Å². The first-order valence-electron chi connectivity index (χ1n) is 8.64. The number of hydrogen-bond acceptors (Lipinski definition) is 3. The molecule has 0 bridgehead atoms. The Morgan fingerprint density at radius 2 is 1.57 bits per heavy atom. The number of para-hydroxylation sites is 1. The molecule has 1 N–H and O–H groups in total. The van der Waals surface area contributed by atoms with Crippen LogP contribution >= 0.6 is 24.0 Å². The summed E-state index contributed by atoms with van der Waals surface area (Å²) in [6.07, 6.45) is 0. The molecule has 3 aromatic carbocycles. The maximum Gasteiger partial charge on any atom is 0.166 e. The molecule has 6 heteroatoms. The first-order chi connectivity index (χ1) is 13.2. The van der Waals surface area contributed by atoms with Crippen molar-refractivity contribution in [3.05, 3.63) is 94.3 Å². The van der Waals surface area contributed by atoms with Gasteiger partial charge in [0.2, 0.25) is 0 Å². The van der Waals surface area contributed by atoms with Crippen molar-refractivity contribution in [3.8, 4) is 11.5 Å². The molecule has 0 unspecified atom stereocenters. The van der Waals surface area contributed by atoms with Crippen molar-refractivity contribution < 1.29 is 13.9 Å². The van der Waals surface area contributed by atoms with Gasteiger partial charge in [0, 0.05) is 23.7 Å². The summed E-state index contributed by atoms with van der Waals surface area (Å²) in [5.74, 6) is 1.07. The zero-order valence-electron chi connectivity index (χ0n) is 15.5. The van der Waals surface area contributed by atoms with Gasteiger partial charge in [-0.15, -0.1) is 12.4 Å². The van der Waals surface area contributed by atoms with E-state index in [2.05, 4.69) is 5.32 Å². The normalized spacial score (nSPS) is 10.2. The van der Waals surface area contributed by atoms with E-state index in [-0.39, 0.29) is 18.2 Å². The third-order valence-electron chi connectivity index (χ3n) is 4.17. The second-order valence-corrected chi connectivity index (χ2v) is 6.47. The standard InChI is InChI=1S/C22H21ClFNO2.ClH/c1-26-21-8-4-6-18(14-25-13-17-5-2-3-7-20(17)23)22(21)27-15-16-9-11-19(24)12-10-16;/h2-12,25H,13-15H2,1H3;1H. The number of ether oxygens (including phenoxy) is 2. The predicted molar refractivity (Wildman–Crippen MR) is 113 cm³/mol. The van der Waals surface area contributed by atoms with E-state index in [0.29, 0.717) is 31.2 Å². The van der Waals surface area contributed by atoms with E-state index in [1.165, 1.54) is 12.1 Å². The molecule has 3 rings (SSSR count). The second kappa shape index (κ2) is 10.9. The Morgan fingerprint density at radius 1 is 0.893 bits per heavy atom. The van der Waals surface area contributed by atoms with Crippen LogP contribution in [0.25, 0.3) is 0 Å². The van der Waals surface area contributed by atoms with Crippen molar-refractivity contribution in [2.45, 2.75) is 19.7 Å². The van der Waals surface area contributed by atoms with Crippen LogP contribution in [0, 0.1) is 5.82 Å². The number of methoxy groups -OCH3 is 1. The zero-order valence-corrected chi connectivity index (χ0v) is 17.0. The van der Waals surface area contributed by atoms with Gasteiger partial charge in [-0.25, -0.2) is 4.39 Å². The van der Waals surface area contributed by atoms with Crippen molar-refractivity contribution in [2.75, 3.05) is 7.11 Å². The molecule has 0 aromatic heterocycles. The van der Waals surface area contributed by atoms with Gasteiger partial charge in [-0.1, -0.05) is 54.1 Å². The lowest BCUT2D eigenvalue weighted by molar-refractivity contribution is 0.280. The Hall–Kier alpha value is -2.27. The van der Waals surface area contributed by atoms with E-state index in [1.54, 1.807) is 19.2 Å². The monoisotopic (exact) mass is 421 g/mol. The molecule has 0 aliphatic heterocycles. The maximum atomic E-state index is 13.1. The number of halogens is 3. The fraction of sp³-hybridized carbons (Fsp3) is 0.182. The number of rotatable bonds is 8. The maximum absolute atomic E-state index is 13.1. The van der Waals surface area contributed by atoms with E-state index >= 15 is 0 Å². The molecular formula is C22H22Cl2FNO2. The molecule has 0 saturated carbocycles. The number of benzene rings is 3. The minimum Gasteiger partial charge on any atom is -0.493 e. The molecule has 0 saturated heterocycles. The summed E-state index contributed by atoms with van der Waals surface area (Å²) in [6.45, 7) is 1.58. The summed E-state index contributed by atoms with van der Waals surface area (Å²) in [4.78, 5) is 0. The Labute approximate surface area is 175 Å². The number of nitrogens with one attached hydrogen (secondary N) is 1. The van der Waals surface area contributed by atoms with Gasteiger partial charge in [0.25, 0.3) is 0 Å². The van der Waals surface area contributed by atoms with E-state index in [9.17, 15) is 4.39 Å². The van der Waals surface area contributed by atoms with Crippen LogP contribution < -0.4 is 14.8 Å². The average molecular weight is 422 g/mol. The number of hydrogen-bond donors (Lipinski definition) is 1. The lowest BCUT2D eigenvalue weighted by atomic mass is 10.1. The molecule has 0 amide bonds. The SMILES string of the molecule is COc1cccc(CNCc2ccccc2Cl)c1OCc1ccc(F)cc1.Cl. The third kappa shape index (κ3) is 5.86. The smallest absolute Gasteiger partial charge is 0.166 e. The van der Waals surface area contributed by atoms with Crippen LogP contribution in [0.4, 0.5) is 4.39 Å². The summed E-state index contributed by atoms with van der Waals surface area (Å²) in [5, 5.41) is 4.13. The molecule has 28 heavy (non-hydrogen) atoms. The fourth-order valence-corrected chi connectivity index (χ4v) is 2.94. The summed E-state index contributed by atoms with van der Waals surface area (Å²) >= 11 is 6.20. The average Bonchev–Trinajstić information content (AvgIpc) is 2.69. The molecule has 148 valence electrons. The zero-order chi connectivity index (χ0) is 19.1. The van der Waals surface area contributed by atoms with Crippen molar-refractivity contribution in [2.24, 2.45) is 0 Å². The Balaban J connectivity index is 0.00000280. The highest BCUT2D eigenvalue weighted by atomic mass is 35.5. The molecular weight excluding hydrogens is 400 g/mol. The van der Waals surface area contributed by atoms with Crippen molar-refractivity contribution >= 4 is 24.0 Å². The predicted octanol–water partition coefficient (Wildman–Crippen LogP) is 5.78. The minimum atomic E-state index is -0.263. The molecule has 0 spiro atoms. The highest BCUT2D eigenvalue weighted by Gasteiger charge is 2.11. The Bertz CT molecular complexity index is 888. The first-order valence-corrected chi connectivity index (χ1v) is 9.02. The molecule has 3 aromatic rings. The molecule has 0 radical (unpaired) electrons. The Kier molecular flexibility index (Phi) is 8.58. The molecule has 0 aliphatic carbocycles. The summed E-state index contributed by atoms with van der Waals surface area (Å²) in [5.41, 5.74) is 2.90. The van der Waals surface area contributed by atoms with Gasteiger partial charge >= 0.3 is 0 Å². The summed E-state index contributed by atoms with van der Waals surface area (Å²) < 4.78 is 24.5. The van der Waals surface area contributed by atoms with Gasteiger partial charge in [0.1, 0.15) is 12.4 Å². The van der Waals surface area contributed by atoms with Crippen LogP contribution in [0.15, 0.2) is 66.7 Å². The highest BCUT2D eigenvalue weighted by molar-refractivity contribution is 6.31. The first kappa shape index (κ1) is 22.0. The molecule has 0 aliphatic rings. The van der Waals surface area contributed by atoms with Crippen LogP contribution in [0.3, 0.4) is 0 Å². The molecule has 0 atom stereocenters.